The van der Waals surface area contributed by atoms with Crippen molar-refractivity contribution in [2.45, 2.75) is 57.2 Å². The molecule has 30 heavy (non-hydrogen) atoms. The summed E-state index contributed by atoms with van der Waals surface area (Å²) in [5.41, 5.74) is 0.659. The summed E-state index contributed by atoms with van der Waals surface area (Å²) < 4.78 is 40.9. The van der Waals surface area contributed by atoms with E-state index in [2.05, 4.69) is 0 Å². The number of hydrogen-bond acceptors (Lipinski definition) is 3. The number of halogens is 4. The number of likely N-dealkylation sites (tertiary alicyclic amines) is 1. The summed E-state index contributed by atoms with van der Waals surface area (Å²) in [7, 11) is 0. The maximum Gasteiger partial charge on any atom is 0.392 e. The Balaban J connectivity index is 1.73. The minimum Gasteiger partial charge on any atom is -0.480 e. The first-order valence-corrected chi connectivity index (χ1v) is 10.4. The Morgan fingerprint density at radius 2 is 1.73 bits per heavy atom. The molecule has 1 aromatic rings. The number of carbonyl (C=O) groups excluding carboxylic acids is 2. The van der Waals surface area contributed by atoms with Gasteiger partial charge in [0.25, 0.3) is 0 Å². The van der Waals surface area contributed by atoms with Gasteiger partial charge in [0.15, 0.2) is 0 Å². The number of carboxylic acids is 1. The smallest absolute Gasteiger partial charge is 0.392 e. The zero-order valence-electron chi connectivity index (χ0n) is 16.2. The van der Waals surface area contributed by atoms with Crippen LogP contribution in [-0.4, -0.2) is 40.0 Å². The predicted octanol–water partition coefficient (Wildman–Crippen LogP) is 4.47. The van der Waals surface area contributed by atoms with E-state index in [4.69, 9.17) is 11.6 Å². The molecule has 2 amide bonds. The van der Waals surface area contributed by atoms with Crippen LogP contribution in [0.25, 0.3) is 0 Å². The molecule has 1 aromatic carbocycles. The van der Waals surface area contributed by atoms with Crippen molar-refractivity contribution in [3.8, 4) is 0 Å². The molecular formula is C21H23ClF3NO4. The lowest BCUT2D eigenvalue weighted by atomic mass is 9.77. The van der Waals surface area contributed by atoms with Crippen LogP contribution in [0, 0.1) is 17.8 Å². The van der Waals surface area contributed by atoms with Gasteiger partial charge in [-0.25, -0.2) is 4.79 Å². The topological polar surface area (TPSA) is 74.7 Å². The van der Waals surface area contributed by atoms with Crippen molar-refractivity contribution in [2.24, 2.45) is 17.8 Å². The monoisotopic (exact) mass is 445 g/mol. The Bertz CT molecular complexity index is 805. The van der Waals surface area contributed by atoms with E-state index < -0.39 is 54.2 Å². The molecule has 1 aliphatic carbocycles. The van der Waals surface area contributed by atoms with E-state index in [9.17, 15) is 32.7 Å². The number of amides is 2. The summed E-state index contributed by atoms with van der Waals surface area (Å²) in [4.78, 5) is 37.3. The molecule has 9 heteroatoms. The Morgan fingerprint density at radius 1 is 1.13 bits per heavy atom. The summed E-state index contributed by atoms with van der Waals surface area (Å²) in [5, 5.41) is 9.99. The third kappa shape index (κ3) is 4.79. The first kappa shape index (κ1) is 22.6. The van der Waals surface area contributed by atoms with E-state index in [0.29, 0.717) is 41.2 Å². The highest BCUT2D eigenvalue weighted by Gasteiger charge is 2.56. The third-order valence-electron chi connectivity index (χ3n) is 6.14. The van der Waals surface area contributed by atoms with Crippen molar-refractivity contribution in [1.29, 1.82) is 0 Å². The lowest BCUT2D eigenvalue weighted by Crippen LogP contribution is -2.67. The molecule has 1 saturated carbocycles. The van der Waals surface area contributed by atoms with Gasteiger partial charge in [-0.15, -0.1) is 0 Å². The van der Waals surface area contributed by atoms with Crippen LogP contribution >= 0.6 is 11.6 Å². The number of nitrogens with zero attached hydrogens (tertiary/aromatic N) is 1. The van der Waals surface area contributed by atoms with Gasteiger partial charge in [0.2, 0.25) is 11.8 Å². The average Bonchev–Trinajstić information content (AvgIpc) is 2.68. The molecule has 1 aliphatic heterocycles. The van der Waals surface area contributed by atoms with Gasteiger partial charge in [0.1, 0.15) is 6.04 Å². The highest BCUT2D eigenvalue weighted by atomic mass is 35.5. The second-order valence-electron chi connectivity index (χ2n) is 8.07. The average molecular weight is 446 g/mol. The van der Waals surface area contributed by atoms with E-state index in [-0.39, 0.29) is 6.42 Å². The van der Waals surface area contributed by atoms with Crippen LogP contribution in [0.4, 0.5) is 13.2 Å². The first-order chi connectivity index (χ1) is 14.1. The minimum absolute atomic E-state index is 0.0715. The summed E-state index contributed by atoms with van der Waals surface area (Å²) in [5.74, 6) is -6.73. The number of carbonyl (C=O) groups is 3. The second kappa shape index (κ2) is 8.96. The largest absolute Gasteiger partial charge is 0.480 e. The summed E-state index contributed by atoms with van der Waals surface area (Å²) in [6.45, 7) is 0. The van der Waals surface area contributed by atoms with E-state index in [1.165, 1.54) is 0 Å². The van der Waals surface area contributed by atoms with Crippen LogP contribution in [0.2, 0.25) is 5.02 Å². The normalized spacial score (nSPS) is 23.7. The lowest BCUT2D eigenvalue weighted by Gasteiger charge is -2.44. The quantitative estimate of drug-likeness (QED) is 0.655. The van der Waals surface area contributed by atoms with Crippen molar-refractivity contribution >= 4 is 29.4 Å². The Hall–Kier alpha value is -2.09. The molecule has 1 heterocycles. The fourth-order valence-electron chi connectivity index (χ4n) is 4.56. The number of carboxylic acid groups (broad SMARTS) is 1. The van der Waals surface area contributed by atoms with Gasteiger partial charge in [-0.1, -0.05) is 43.0 Å². The van der Waals surface area contributed by atoms with E-state index in [0.717, 1.165) is 6.42 Å². The van der Waals surface area contributed by atoms with Gasteiger partial charge in [0.05, 0.1) is 11.8 Å². The molecule has 0 spiro atoms. The van der Waals surface area contributed by atoms with Crippen LogP contribution in [0.5, 0.6) is 0 Å². The van der Waals surface area contributed by atoms with Crippen LogP contribution in [-0.2, 0) is 20.8 Å². The molecule has 1 saturated heterocycles. The van der Waals surface area contributed by atoms with Gasteiger partial charge >= 0.3 is 12.1 Å². The van der Waals surface area contributed by atoms with Gasteiger partial charge in [-0.2, -0.15) is 13.2 Å². The molecule has 3 rings (SSSR count). The zero-order chi connectivity index (χ0) is 22.1. The van der Waals surface area contributed by atoms with E-state index in [1.54, 1.807) is 24.3 Å². The van der Waals surface area contributed by atoms with Gasteiger partial charge in [-0.05, 0) is 42.9 Å². The summed E-state index contributed by atoms with van der Waals surface area (Å²) >= 11 is 5.81. The molecule has 1 N–H and O–H groups in total. The van der Waals surface area contributed by atoms with Crippen molar-refractivity contribution in [3.05, 3.63) is 34.9 Å². The highest BCUT2D eigenvalue weighted by Crippen LogP contribution is 2.43. The number of imide groups is 1. The van der Waals surface area contributed by atoms with Crippen molar-refractivity contribution < 1.29 is 32.7 Å². The van der Waals surface area contributed by atoms with E-state index >= 15 is 0 Å². The molecule has 0 aromatic heterocycles. The fraction of sp³-hybridized carbons (Fsp3) is 0.571. The maximum absolute atomic E-state index is 13.6. The third-order valence-corrected chi connectivity index (χ3v) is 6.39. The summed E-state index contributed by atoms with van der Waals surface area (Å²) in [6, 6.07) is 5.01. The minimum atomic E-state index is -4.58. The highest BCUT2D eigenvalue weighted by molar-refractivity contribution is 6.30. The van der Waals surface area contributed by atoms with Crippen molar-refractivity contribution in [2.75, 3.05) is 0 Å². The van der Waals surface area contributed by atoms with Crippen LogP contribution in [0.15, 0.2) is 24.3 Å². The first-order valence-electron chi connectivity index (χ1n) is 9.99. The molecule has 5 nitrogen and oxygen atoms in total. The van der Waals surface area contributed by atoms with Gasteiger partial charge in [0, 0.05) is 11.4 Å². The van der Waals surface area contributed by atoms with Crippen LogP contribution in [0.1, 0.15) is 44.1 Å². The number of aliphatic carboxylic acids is 1. The number of alkyl halides is 3. The maximum atomic E-state index is 13.6. The van der Waals surface area contributed by atoms with Crippen molar-refractivity contribution in [1.82, 2.24) is 4.90 Å². The number of β-lactam (4-membered cyclic amide) rings is 1. The lowest BCUT2D eigenvalue weighted by molar-refractivity contribution is -0.200. The SMILES string of the molecule is O=C(O)[C@@H]1[C@@H](Cc2ccc(Cl)cc2)C(=O)N1C(=O)C[C@@H](C1CCCCC1)C(F)(F)F. The zero-order valence-corrected chi connectivity index (χ0v) is 17.0. The van der Waals surface area contributed by atoms with Gasteiger partial charge < -0.3 is 5.11 Å². The molecule has 0 radical (unpaired) electrons. The van der Waals surface area contributed by atoms with E-state index in [1.807, 2.05) is 0 Å². The van der Waals surface area contributed by atoms with Crippen LogP contribution < -0.4 is 0 Å². The Labute approximate surface area is 177 Å². The molecule has 0 unspecified atom stereocenters. The number of rotatable bonds is 6. The Morgan fingerprint density at radius 3 is 2.27 bits per heavy atom. The molecule has 164 valence electrons. The second-order valence-corrected chi connectivity index (χ2v) is 8.51. The number of hydrogen-bond donors (Lipinski definition) is 1. The fourth-order valence-corrected chi connectivity index (χ4v) is 4.68. The summed E-state index contributed by atoms with van der Waals surface area (Å²) in [6.07, 6.45) is -2.41. The Kier molecular flexibility index (Phi) is 6.75. The standard InChI is InChI=1S/C21H23ClF3NO4/c22-14-8-6-12(7-9-14)10-15-18(20(29)30)26(19(15)28)17(27)11-16(21(23,24)25)13-4-2-1-3-5-13/h6-9,13,15-16,18H,1-5,10-11H2,(H,29,30)/t15-,16+,18+/m1/s1. The molecule has 0 bridgehead atoms. The van der Waals surface area contributed by atoms with Crippen LogP contribution in [0.3, 0.4) is 0 Å². The molecule has 3 atom stereocenters. The molecule has 2 aliphatic rings. The molecule has 2 fully saturated rings. The predicted molar refractivity (Wildman–Crippen MR) is 103 cm³/mol. The molecular weight excluding hydrogens is 423 g/mol. The van der Waals surface area contributed by atoms with Crippen molar-refractivity contribution in [3.63, 3.8) is 0 Å². The number of benzene rings is 1. The van der Waals surface area contributed by atoms with Gasteiger partial charge in [-0.3, -0.25) is 14.5 Å².